The van der Waals surface area contributed by atoms with E-state index in [9.17, 15) is 9.59 Å². The number of carboxylic acids is 1. The first kappa shape index (κ1) is 16.2. The molecule has 0 saturated carbocycles. The molecule has 0 spiro atoms. The minimum Gasteiger partial charge on any atom is -0.479 e. The molecule has 0 radical (unpaired) electrons. The van der Waals surface area contributed by atoms with E-state index in [4.69, 9.17) is 14.6 Å². The molecule has 0 aromatic carbocycles. The Morgan fingerprint density at radius 1 is 1.19 bits per heavy atom. The van der Waals surface area contributed by atoms with Crippen molar-refractivity contribution in [1.82, 2.24) is 9.80 Å². The van der Waals surface area contributed by atoms with E-state index in [0.29, 0.717) is 32.5 Å². The zero-order chi connectivity index (χ0) is 15.2. The molecule has 2 rings (SSSR count). The summed E-state index contributed by atoms with van der Waals surface area (Å²) in [6, 6.07) is 0. The normalized spacial score (nSPS) is 27.6. The van der Waals surface area contributed by atoms with Crippen LogP contribution < -0.4 is 0 Å². The molecule has 7 heteroatoms. The summed E-state index contributed by atoms with van der Waals surface area (Å²) in [6.07, 6.45) is 0.421. The summed E-state index contributed by atoms with van der Waals surface area (Å²) in [5.74, 6) is -1.04. The van der Waals surface area contributed by atoms with Crippen LogP contribution in [0.25, 0.3) is 0 Å². The number of methoxy groups -OCH3 is 1. The number of carboxylic acid groups (broad SMARTS) is 1. The predicted molar refractivity (Wildman–Crippen MR) is 75.0 cm³/mol. The fourth-order valence-electron chi connectivity index (χ4n) is 2.84. The second-order valence-corrected chi connectivity index (χ2v) is 5.54. The zero-order valence-corrected chi connectivity index (χ0v) is 12.5. The Morgan fingerprint density at radius 3 is 2.62 bits per heavy atom. The summed E-state index contributed by atoms with van der Waals surface area (Å²) in [6.45, 7) is 4.72. The van der Waals surface area contributed by atoms with Crippen LogP contribution in [0.1, 0.15) is 19.3 Å². The number of nitrogens with zero attached hydrogens (tertiary/aromatic N) is 2. The second kappa shape index (κ2) is 7.72. The largest absolute Gasteiger partial charge is 0.479 e. The molecular formula is C14H24N2O5. The highest BCUT2D eigenvalue weighted by Gasteiger charge is 2.37. The van der Waals surface area contributed by atoms with Gasteiger partial charge in [-0.25, -0.2) is 4.79 Å². The van der Waals surface area contributed by atoms with Gasteiger partial charge >= 0.3 is 5.97 Å². The van der Waals surface area contributed by atoms with Crippen LogP contribution >= 0.6 is 0 Å². The Bertz CT molecular complexity index is 376. The first-order chi connectivity index (χ1) is 10.1. The molecule has 1 amide bonds. The van der Waals surface area contributed by atoms with Gasteiger partial charge in [0.1, 0.15) is 6.10 Å². The van der Waals surface area contributed by atoms with E-state index < -0.39 is 18.2 Å². The minimum absolute atomic E-state index is 0.0626. The number of carbonyl (C=O) groups is 2. The number of amides is 1. The molecule has 0 aromatic rings. The molecule has 21 heavy (non-hydrogen) atoms. The number of carbonyl (C=O) groups excluding carboxylic acids is 1. The van der Waals surface area contributed by atoms with Crippen LogP contribution in [0.3, 0.4) is 0 Å². The van der Waals surface area contributed by atoms with E-state index in [1.54, 1.807) is 7.11 Å². The standard InChI is InChI=1S/C14H24N2O5/c1-20-10-9-15-5-2-6-16(8-7-15)13(17)11-3-4-12(21-11)14(18)19/h11-12H,2-10H2,1H3,(H,18,19). The third kappa shape index (κ3) is 4.39. The minimum atomic E-state index is -0.980. The fraction of sp³-hybridized carbons (Fsp3) is 0.857. The summed E-state index contributed by atoms with van der Waals surface area (Å²) < 4.78 is 10.4. The monoisotopic (exact) mass is 300 g/mol. The fourth-order valence-corrected chi connectivity index (χ4v) is 2.84. The Labute approximate surface area is 124 Å². The number of aliphatic carboxylic acids is 1. The van der Waals surface area contributed by atoms with Crippen LogP contribution in [-0.2, 0) is 19.1 Å². The van der Waals surface area contributed by atoms with Crippen LogP contribution in [-0.4, -0.2) is 85.4 Å². The van der Waals surface area contributed by atoms with Crippen molar-refractivity contribution in [1.29, 1.82) is 0 Å². The maximum Gasteiger partial charge on any atom is 0.332 e. The summed E-state index contributed by atoms with van der Waals surface area (Å²) >= 11 is 0. The number of hydrogen-bond acceptors (Lipinski definition) is 5. The predicted octanol–water partition coefficient (Wildman–Crippen LogP) is -0.201. The van der Waals surface area contributed by atoms with Gasteiger partial charge in [0.2, 0.25) is 0 Å². The van der Waals surface area contributed by atoms with E-state index in [1.807, 2.05) is 4.90 Å². The number of hydrogen-bond donors (Lipinski definition) is 1. The third-order valence-electron chi connectivity index (χ3n) is 4.08. The summed E-state index contributed by atoms with van der Waals surface area (Å²) in [7, 11) is 1.68. The van der Waals surface area contributed by atoms with Crippen molar-refractivity contribution in [3.05, 3.63) is 0 Å². The molecule has 120 valence electrons. The van der Waals surface area contributed by atoms with Crippen LogP contribution in [0.15, 0.2) is 0 Å². The van der Waals surface area contributed by atoms with Crippen molar-refractivity contribution in [2.45, 2.75) is 31.5 Å². The van der Waals surface area contributed by atoms with E-state index in [0.717, 1.165) is 26.1 Å². The van der Waals surface area contributed by atoms with Crippen LogP contribution in [0.4, 0.5) is 0 Å². The smallest absolute Gasteiger partial charge is 0.332 e. The third-order valence-corrected chi connectivity index (χ3v) is 4.08. The number of ether oxygens (including phenoxy) is 2. The van der Waals surface area contributed by atoms with Gasteiger partial charge in [-0.1, -0.05) is 0 Å². The highest BCUT2D eigenvalue weighted by Crippen LogP contribution is 2.22. The zero-order valence-electron chi connectivity index (χ0n) is 12.5. The van der Waals surface area contributed by atoms with Gasteiger partial charge in [-0.3, -0.25) is 9.69 Å². The van der Waals surface area contributed by atoms with Crippen molar-refractivity contribution in [3.8, 4) is 0 Å². The highest BCUT2D eigenvalue weighted by molar-refractivity contribution is 5.82. The van der Waals surface area contributed by atoms with E-state index in [1.165, 1.54) is 0 Å². The van der Waals surface area contributed by atoms with Crippen molar-refractivity contribution < 1.29 is 24.2 Å². The van der Waals surface area contributed by atoms with Gasteiger partial charge in [-0.05, 0) is 25.8 Å². The molecule has 2 aliphatic rings. The van der Waals surface area contributed by atoms with Gasteiger partial charge in [0.25, 0.3) is 5.91 Å². The first-order valence-electron chi connectivity index (χ1n) is 7.50. The lowest BCUT2D eigenvalue weighted by molar-refractivity contribution is -0.154. The topological polar surface area (TPSA) is 79.3 Å². The molecule has 2 aliphatic heterocycles. The van der Waals surface area contributed by atoms with Gasteiger partial charge in [0.15, 0.2) is 6.10 Å². The molecule has 2 heterocycles. The molecule has 2 fully saturated rings. The Morgan fingerprint density at radius 2 is 1.95 bits per heavy atom. The van der Waals surface area contributed by atoms with Crippen LogP contribution in [0.2, 0.25) is 0 Å². The molecule has 1 N–H and O–H groups in total. The van der Waals surface area contributed by atoms with Crippen molar-refractivity contribution >= 4 is 11.9 Å². The van der Waals surface area contributed by atoms with E-state index in [-0.39, 0.29) is 5.91 Å². The molecule has 2 saturated heterocycles. The van der Waals surface area contributed by atoms with Gasteiger partial charge in [0, 0.05) is 33.3 Å². The Kier molecular flexibility index (Phi) is 5.96. The van der Waals surface area contributed by atoms with Gasteiger partial charge in [0.05, 0.1) is 6.61 Å². The lowest BCUT2D eigenvalue weighted by Gasteiger charge is -2.24. The van der Waals surface area contributed by atoms with Crippen LogP contribution in [0.5, 0.6) is 0 Å². The summed E-state index contributed by atoms with van der Waals surface area (Å²) in [5, 5.41) is 8.92. The van der Waals surface area contributed by atoms with Gasteiger partial charge in [-0.2, -0.15) is 0 Å². The number of rotatable bonds is 5. The molecule has 2 unspecified atom stereocenters. The van der Waals surface area contributed by atoms with Gasteiger partial charge in [-0.15, -0.1) is 0 Å². The average molecular weight is 300 g/mol. The SMILES string of the molecule is COCCN1CCCN(C(=O)C2CCC(C(=O)O)O2)CC1. The van der Waals surface area contributed by atoms with Crippen molar-refractivity contribution in [2.24, 2.45) is 0 Å². The second-order valence-electron chi connectivity index (χ2n) is 5.54. The molecule has 0 aliphatic carbocycles. The molecular weight excluding hydrogens is 276 g/mol. The van der Waals surface area contributed by atoms with Crippen molar-refractivity contribution in [3.63, 3.8) is 0 Å². The average Bonchev–Trinajstić information content (AvgIpc) is 2.85. The quantitative estimate of drug-likeness (QED) is 0.757. The lowest BCUT2D eigenvalue weighted by atomic mass is 10.2. The summed E-state index contributed by atoms with van der Waals surface area (Å²) in [4.78, 5) is 27.4. The van der Waals surface area contributed by atoms with E-state index in [2.05, 4.69) is 4.90 Å². The summed E-state index contributed by atoms with van der Waals surface area (Å²) in [5.41, 5.74) is 0. The highest BCUT2D eigenvalue weighted by atomic mass is 16.5. The molecule has 0 aromatic heterocycles. The molecule has 0 bridgehead atoms. The Balaban J connectivity index is 1.82. The van der Waals surface area contributed by atoms with Crippen molar-refractivity contribution in [2.75, 3.05) is 46.4 Å². The van der Waals surface area contributed by atoms with E-state index >= 15 is 0 Å². The molecule has 2 atom stereocenters. The maximum absolute atomic E-state index is 12.4. The van der Waals surface area contributed by atoms with Crippen LogP contribution in [0, 0.1) is 0 Å². The lowest BCUT2D eigenvalue weighted by Crippen LogP contribution is -2.42. The Hall–Kier alpha value is -1.18. The first-order valence-corrected chi connectivity index (χ1v) is 7.50. The van der Waals surface area contributed by atoms with Gasteiger partial charge < -0.3 is 19.5 Å². The molecule has 7 nitrogen and oxygen atoms in total. The maximum atomic E-state index is 12.4.